The zero-order valence-electron chi connectivity index (χ0n) is 15.7. The Morgan fingerprint density at radius 3 is 2.92 bits per heavy atom. The van der Waals surface area contributed by atoms with Crippen LogP contribution in [0, 0.1) is 17.8 Å². The van der Waals surface area contributed by atoms with E-state index in [1.54, 1.807) is 14.0 Å². The number of nitrogens with one attached hydrogen (secondary N) is 1. The van der Waals surface area contributed by atoms with Crippen LogP contribution in [-0.2, 0) is 16.0 Å². The minimum atomic E-state index is 0.0654. The van der Waals surface area contributed by atoms with Crippen LogP contribution in [0.1, 0.15) is 43.5 Å². The van der Waals surface area contributed by atoms with Crippen LogP contribution in [0.4, 0.5) is 0 Å². The number of aromatic amines is 1. The Morgan fingerprint density at radius 2 is 2.12 bits per heavy atom. The van der Waals surface area contributed by atoms with Crippen LogP contribution in [0.5, 0.6) is 0 Å². The summed E-state index contributed by atoms with van der Waals surface area (Å²) in [5, 5.41) is 1.38. The van der Waals surface area contributed by atoms with Crippen LogP contribution < -0.4 is 0 Å². The van der Waals surface area contributed by atoms with Gasteiger partial charge in [0.05, 0.1) is 12.1 Å². The van der Waals surface area contributed by atoms with Gasteiger partial charge in [-0.25, -0.2) is 0 Å². The number of methoxy groups -OCH3 is 1. The van der Waals surface area contributed by atoms with Crippen molar-refractivity contribution in [1.82, 2.24) is 9.88 Å². The Hall–Kier alpha value is -1.65. The van der Waals surface area contributed by atoms with Crippen molar-refractivity contribution >= 4 is 16.7 Å². The fourth-order valence-corrected chi connectivity index (χ4v) is 6.15. The van der Waals surface area contributed by atoms with Crippen LogP contribution in [0.3, 0.4) is 0 Å². The van der Waals surface area contributed by atoms with E-state index in [0.29, 0.717) is 23.7 Å². The molecule has 1 N–H and O–H groups in total. The number of H-pyrrole nitrogens is 1. The van der Waals surface area contributed by atoms with Crippen molar-refractivity contribution in [3.05, 3.63) is 35.5 Å². The van der Waals surface area contributed by atoms with Crippen LogP contribution in [0.15, 0.2) is 24.3 Å². The highest BCUT2D eigenvalue weighted by Gasteiger charge is 2.48. The first-order valence-electron chi connectivity index (χ1n) is 10.0. The van der Waals surface area contributed by atoms with Gasteiger partial charge in [0.15, 0.2) is 0 Å². The number of para-hydroxylation sites is 1. The van der Waals surface area contributed by atoms with E-state index in [-0.39, 0.29) is 12.0 Å². The van der Waals surface area contributed by atoms with Crippen molar-refractivity contribution in [2.75, 3.05) is 20.2 Å². The van der Waals surface area contributed by atoms with Gasteiger partial charge in [0, 0.05) is 42.7 Å². The second kappa shape index (κ2) is 6.21. The van der Waals surface area contributed by atoms with Crippen molar-refractivity contribution in [2.45, 2.75) is 44.8 Å². The Balaban J connectivity index is 1.52. The number of aromatic nitrogens is 1. The summed E-state index contributed by atoms with van der Waals surface area (Å²) >= 11 is 0. The van der Waals surface area contributed by atoms with E-state index in [1.807, 2.05) is 0 Å². The van der Waals surface area contributed by atoms with Gasteiger partial charge in [-0.15, -0.1) is 0 Å². The molecule has 5 rings (SSSR count). The van der Waals surface area contributed by atoms with Crippen LogP contribution in [0.2, 0.25) is 0 Å². The molecule has 1 saturated carbocycles. The molecule has 0 radical (unpaired) electrons. The van der Waals surface area contributed by atoms with Crippen molar-refractivity contribution in [2.24, 2.45) is 17.8 Å². The fourth-order valence-electron chi connectivity index (χ4n) is 6.15. The molecule has 2 fully saturated rings. The topological polar surface area (TPSA) is 45.3 Å². The normalized spacial score (nSPS) is 34.2. The van der Waals surface area contributed by atoms with Crippen molar-refractivity contribution < 1.29 is 9.53 Å². The SMILES string of the molecule is COC1CC[C@H]2CN3CCc4c([nH]c5ccccc45)[C@@H]3C[C@@H]2C1C(C)=O. The number of rotatable bonds is 2. The number of hydrogen-bond acceptors (Lipinski definition) is 3. The lowest BCUT2D eigenvalue weighted by Gasteiger charge is -2.51. The Bertz CT molecular complexity index is 842. The van der Waals surface area contributed by atoms with Crippen molar-refractivity contribution in [3.63, 3.8) is 0 Å². The lowest BCUT2D eigenvalue weighted by atomic mass is 9.64. The molecule has 1 saturated heterocycles. The molecule has 0 amide bonds. The summed E-state index contributed by atoms with van der Waals surface area (Å²) in [6.45, 7) is 4.03. The van der Waals surface area contributed by atoms with Gasteiger partial charge in [-0.3, -0.25) is 9.69 Å². The van der Waals surface area contributed by atoms with Gasteiger partial charge in [-0.1, -0.05) is 18.2 Å². The number of fused-ring (bicyclic) bond motifs is 6. The number of nitrogens with zero attached hydrogens (tertiary/aromatic N) is 1. The first-order chi connectivity index (χ1) is 12.7. The van der Waals surface area contributed by atoms with Gasteiger partial charge < -0.3 is 9.72 Å². The summed E-state index contributed by atoms with van der Waals surface area (Å²) in [7, 11) is 1.77. The molecule has 26 heavy (non-hydrogen) atoms. The summed E-state index contributed by atoms with van der Waals surface area (Å²) in [5.41, 5.74) is 4.15. The van der Waals surface area contributed by atoms with Crippen molar-refractivity contribution in [3.8, 4) is 0 Å². The predicted molar refractivity (Wildman–Crippen MR) is 102 cm³/mol. The van der Waals surface area contributed by atoms with Gasteiger partial charge >= 0.3 is 0 Å². The Labute approximate surface area is 154 Å². The number of Topliss-reactive ketones (excluding diaryl/α,β-unsaturated/α-hetero) is 1. The first-order valence-corrected chi connectivity index (χ1v) is 10.0. The molecule has 3 aliphatic rings. The maximum absolute atomic E-state index is 12.5. The monoisotopic (exact) mass is 352 g/mol. The predicted octanol–water partition coefficient (Wildman–Crippen LogP) is 3.72. The van der Waals surface area contributed by atoms with E-state index in [9.17, 15) is 4.79 Å². The van der Waals surface area contributed by atoms with Crippen LogP contribution in [-0.4, -0.2) is 42.0 Å². The molecule has 1 aromatic carbocycles. The highest BCUT2D eigenvalue weighted by molar-refractivity contribution is 5.85. The summed E-state index contributed by atoms with van der Waals surface area (Å²) in [6.07, 6.45) is 4.53. The molecule has 138 valence electrons. The number of carbonyl (C=O) groups excluding carboxylic acids is 1. The number of ketones is 1. The smallest absolute Gasteiger partial charge is 0.135 e. The van der Waals surface area contributed by atoms with Crippen LogP contribution >= 0.6 is 0 Å². The molecular weight excluding hydrogens is 324 g/mol. The third-order valence-corrected chi connectivity index (χ3v) is 7.30. The highest BCUT2D eigenvalue weighted by Crippen LogP contribution is 2.49. The fraction of sp³-hybridized carbons (Fsp3) is 0.591. The Morgan fingerprint density at radius 1 is 1.27 bits per heavy atom. The minimum Gasteiger partial charge on any atom is -0.381 e. The lowest BCUT2D eigenvalue weighted by molar-refractivity contribution is -0.137. The maximum Gasteiger partial charge on any atom is 0.135 e. The number of ether oxygens (including phenoxy) is 1. The molecule has 3 heterocycles. The van der Waals surface area contributed by atoms with Gasteiger partial charge in [0.25, 0.3) is 0 Å². The second-order valence-electron chi connectivity index (χ2n) is 8.47. The first kappa shape index (κ1) is 16.5. The zero-order valence-corrected chi connectivity index (χ0v) is 15.7. The molecule has 5 atom stereocenters. The Kier molecular flexibility index (Phi) is 3.94. The van der Waals surface area contributed by atoms with Gasteiger partial charge in [-0.2, -0.15) is 0 Å². The third kappa shape index (κ3) is 2.39. The van der Waals surface area contributed by atoms with E-state index < -0.39 is 0 Å². The summed E-state index contributed by atoms with van der Waals surface area (Å²) in [6, 6.07) is 9.09. The zero-order chi connectivity index (χ0) is 17.8. The number of hydrogen-bond donors (Lipinski definition) is 1. The van der Waals surface area contributed by atoms with Crippen LogP contribution in [0.25, 0.3) is 10.9 Å². The second-order valence-corrected chi connectivity index (χ2v) is 8.47. The van der Waals surface area contributed by atoms with E-state index in [2.05, 4.69) is 34.1 Å². The molecular formula is C22H28N2O2. The van der Waals surface area contributed by atoms with E-state index in [4.69, 9.17) is 4.74 Å². The minimum absolute atomic E-state index is 0.0654. The molecule has 1 aromatic heterocycles. The van der Waals surface area contributed by atoms with Gasteiger partial charge in [0.2, 0.25) is 0 Å². The number of piperidine rings is 1. The van der Waals surface area contributed by atoms with E-state index in [1.165, 1.54) is 28.6 Å². The quantitative estimate of drug-likeness (QED) is 0.896. The summed E-state index contributed by atoms with van der Waals surface area (Å²) < 4.78 is 5.73. The third-order valence-electron chi connectivity index (χ3n) is 7.30. The molecule has 2 aliphatic heterocycles. The molecule has 4 nitrogen and oxygen atoms in total. The largest absolute Gasteiger partial charge is 0.381 e. The molecule has 4 heteroatoms. The average molecular weight is 352 g/mol. The summed E-state index contributed by atoms with van der Waals surface area (Å²) in [4.78, 5) is 18.9. The molecule has 0 bridgehead atoms. The van der Waals surface area contributed by atoms with E-state index in [0.717, 1.165) is 32.4 Å². The van der Waals surface area contributed by atoms with Crippen molar-refractivity contribution in [1.29, 1.82) is 0 Å². The molecule has 1 aliphatic carbocycles. The average Bonchev–Trinajstić information content (AvgIpc) is 3.04. The van der Waals surface area contributed by atoms with Gasteiger partial charge in [0.1, 0.15) is 5.78 Å². The lowest BCUT2D eigenvalue weighted by Crippen LogP contribution is -2.53. The number of benzene rings is 1. The molecule has 2 unspecified atom stereocenters. The number of carbonyl (C=O) groups is 1. The summed E-state index contributed by atoms with van der Waals surface area (Å²) in [5.74, 6) is 1.46. The molecule has 0 spiro atoms. The molecule has 2 aromatic rings. The standard InChI is InChI=1S/C22H28N2O2/c1-13(25)21-17-11-19-22-16(15-5-3-4-6-18(15)23-22)9-10-24(19)12-14(17)7-8-20(21)26-2/h3-6,14,17,19-21,23H,7-12H2,1-2H3/t14-,17-,19-,20?,21?/m0/s1. The maximum atomic E-state index is 12.5. The highest BCUT2D eigenvalue weighted by atomic mass is 16.5. The van der Waals surface area contributed by atoms with E-state index >= 15 is 0 Å². The van der Waals surface area contributed by atoms with Gasteiger partial charge in [-0.05, 0) is 56.1 Å².